The van der Waals surface area contributed by atoms with Crippen LogP contribution in [0.15, 0.2) is 72.8 Å². The van der Waals surface area contributed by atoms with Crippen LogP contribution in [0.5, 0.6) is 0 Å². The number of nitrogens with zero attached hydrogens (tertiary/aromatic N) is 2. The summed E-state index contributed by atoms with van der Waals surface area (Å²) >= 11 is 2.39. The van der Waals surface area contributed by atoms with Gasteiger partial charge in [-0.1, -0.05) is 54.6 Å². The second-order valence-corrected chi connectivity index (χ2v) is 6.74. The van der Waals surface area contributed by atoms with E-state index < -0.39 is 0 Å². The van der Waals surface area contributed by atoms with Crippen molar-refractivity contribution in [1.82, 2.24) is 9.61 Å². The van der Waals surface area contributed by atoms with Crippen molar-refractivity contribution in [3.63, 3.8) is 0 Å². The Morgan fingerprint density at radius 2 is 1.61 bits per heavy atom. The van der Waals surface area contributed by atoms with E-state index in [0.29, 0.717) is 0 Å². The number of rotatable bonds is 2. The minimum absolute atomic E-state index is 1.00. The van der Waals surface area contributed by atoms with Crippen molar-refractivity contribution in [2.24, 2.45) is 0 Å². The molecule has 0 unspecified atom stereocenters. The quantitative estimate of drug-likeness (QED) is 0.395. The number of hydrogen-bond acceptors (Lipinski definition) is 1. The number of hydrogen-bond donors (Lipinski definition) is 0. The Balaban J connectivity index is 2.00. The zero-order valence-electron chi connectivity index (χ0n) is 12.7. The standard InChI is InChI=1S/C20H15IN2/c1-14-7-5-6-10-17(14)20-18(21)12-11-16-13-19(22-23(16)20)15-8-3-2-4-9-15/h2-13H,1H3. The van der Waals surface area contributed by atoms with Crippen molar-refractivity contribution >= 4 is 28.1 Å². The van der Waals surface area contributed by atoms with Crippen LogP contribution in [0.3, 0.4) is 0 Å². The monoisotopic (exact) mass is 410 g/mol. The summed E-state index contributed by atoms with van der Waals surface area (Å²) < 4.78 is 3.26. The van der Waals surface area contributed by atoms with Crippen molar-refractivity contribution in [2.45, 2.75) is 6.92 Å². The minimum Gasteiger partial charge on any atom is -0.231 e. The first-order valence-electron chi connectivity index (χ1n) is 7.54. The lowest BCUT2D eigenvalue weighted by molar-refractivity contribution is 0.967. The van der Waals surface area contributed by atoms with Crippen LogP contribution in [0.4, 0.5) is 0 Å². The number of aryl methyl sites for hydroxylation is 1. The first kappa shape index (κ1) is 14.5. The number of pyridine rings is 1. The smallest absolute Gasteiger partial charge is 0.0933 e. The van der Waals surface area contributed by atoms with Gasteiger partial charge in [0.15, 0.2) is 0 Å². The van der Waals surface area contributed by atoms with E-state index in [1.54, 1.807) is 0 Å². The maximum Gasteiger partial charge on any atom is 0.0933 e. The van der Waals surface area contributed by atoms with Gasteiger partial charge >= 0.3 is 0 Å². The van der Waals surface area contributed by atoms with Crippen LogP contribution in [0.1, 0.15) is 5.56 Å². The van der Waals surface area contributed by atoms with Gasteiger partial charge in [-0.25, -0.2) is 4.52 Å². The summed E-state index contributed by atoms with van der Waals surface area (Å²) in [4.78, 5) is 0. The normalized spacial score (nSPS) is 11.0. The molecule has 23 heavy (non-hydrogen) atoms. The highest BCUT2D eigenvalue weighted by Crippen LogP contribution is 2.30. The molecule has 2 nitrogen and oxygen atoms in total. The van der Waals surface area contributed by atoms with Crippen molar-refractivity contribution in [3.05, 3.63) is 81.9 Å². The first-order chi connectivity index (χ1) is 11.2. The summed E-state index contributed by atoms with van der Waals surface area (Å²) in [7, 11) is 0. The van der Waals surface area contributed by atoms with E-state index >= 15 is 0 Å². The maximum absolute atomic E-state index is 4.87. The summed E-state index contributed by atoms with van der Waals surface area (Å²) in [5.74, 6) is 0. The van der Waals surface area contributed by atoms with Gasteiger partial charge in [-0.3, -0.25) is 0 Å². The van der Waals surface area contributed by atoms with Crippen molar-refractivity contribution < 1.29 is 0 Å². The fourth-order valence-corrected chi connectivity index (χ4v) is 3.56. The van der Waals surface area contributed by atoms with E-state index in [9.17, 15) is 0 Å². The Labute approximate surface area is 148 Å². The fraction of sp³-hybridized carbons (Fsp3) is 0.0500. The van der Waals surface area contributed by atoms with Crippen LogP contribution < -0.4 is 0 Å². The molecule has 0 bridgehead atoms. The van der Waals surface area contributed by atoms with Crippen LogP contribution in [-0.4, -0.2) is 9.61 Å². The zero-order chi connectivity index (χ0) is 15.8. The van der Waals surface area contributed by atoms with Gasteiger partial charge in [0.1, 0.15) is 0 Å². The molecule has 0 fully saturated rings. The van der Waals surface area contributed by atoms with Gasteiger partial charge in [0.2, 0.25) is 0 Å². The molecule has 2 aromatic carbocycles. The van der Waals surface area contributed by atoms with E-state index in [2.05, 4.69) is 88.6 Å². The largest absolute Gasteiger partial charge is 0.231 e. The second-order valence-electron chi connectivity index (χ2n) is 5.58. The molecule has 0 atom stereocenters. The molecule has 4 rings (SSSR count). The summed E-state index contributed by atoms with van der Waals surface area (Å²) in [5, 5.41) is 4.87. The third-order valence-electron chi connectivity index (χ3n) is 4.05. The van der Waals surface area contributed by atoms with Crippen molar-refractivity contribution in [3.8, 4) is 22.5 Å². The predicted octanol–water partition coefficient (Wildman–Crippen LogP) is 5.58. The van der Waals surface area contributed by atoms with Crippen LogP contribution >= 0.6 is 22.6 Å². The maximum atomic E-state index is 4.87. The molecule has 0 spiro atoms. The molecule has 0 aliphatic rings. The molecule has 0 radical (unpaired) electrons. The van der Waals surface area contributed by atoms with Gasteiger partial charge in [0.05, 0.1) is 16.9 Å². The molecule has 0 aliphatic carbocycles. The van der Waals surface area contributed by atoms with E-state index in [0.717, 1.165) is 22.5 Å². The lowest BCUT2D eigenvalue weighted by Gasteiger charge is -2.10. The number of benzene rings is 2. The topological polar surface area (TPSA) is 17.3 Å². The number of fused-ring (bicyclic) bond motifs is 1. The lowest BCUT2D eigenvalue weighted by Crippen LogP contribution is -1.98. The minimum atomic E-state index is 1.00. The highest BCUT2D eigenvalue weighted by Gasteiger charge is 2.13. The molecule has 2 aromatic heterocycles. The summed E-state index contributed by atoms with van der Waals surface area (Å²) in [6.07, 6.45) is 0. The summed E-state index contributed by atoms with van der Waals surface area (Å²) in [6, 6.07) is 25.2. The fourth-order valence-electron chi connectivity index (χ4n) is 2.86. The first-order valence-corrected chi connectivity index (χ1v) is 8.61. The predicted molar refractivity (Wildman–Crippen MR) is 104 cm³/mol. The van der Waals surface area contributed by atoms with Gasteiger partial charge in [-0.15, -0.1) is 0 Å². The molecule has 4 aromatic rings. The second kappa shape index (κ2) is 5.81. The zero-order valence-corrected chi connectivity index (χ0v) is 14.9. The molecular formula is C20H15IN2. The molecular weight excluding hydrogens is 395 g/mol. The van der Waals surface area contributed by atoms with E-state index in [-0.39, 0.29) is 0 Å². The third kappa shape index (κ3) is 2.55. The van der Waals surface area contributed by atoms with E-state index in [4.69, 9.17) is 5.10 Å². The van der Waals surface area contributed by atoms with Crippen LogP contribution in [0, 0.1) is 10.5 Å². The highest BCUT2D eigenvalue weighted by molar-refractivity contribution is 14.1. The van der Waals surface area contributed by atoms with Crippen LogP contribution in [0.2, 0.25) is 0 Å². The van der Waals surface area contributed by atoms with Gasteiger partial charge in [-0.2, -0.15) is 5.10 Å². The third-order valence-corrected chi connectivity index (χ3v) is 4.92. The Morgan fingerprint density at radius 1 is 0.870 bits per heavy atom. The molecule has 0 aliphatic heterocycles. The SMILES string of the molecule is Cc1ccccc1-c1c(I)ccc2cc(-c3ccccc3)nn12. The lowest BCUT2D eigenvalue weighted by atomic mass is 10.1. The molecule has 0 N–H and O–H groups in total. The molecule has 0 saturated heterocycles. The Bertz CT molecular complexity index is 987. The molecule has 112 valence electrons. The van der Waals surface area contributed by atoms with Gasteiger partial charge in [0, 0.05) is 14.7 Å². The van der Waals surface area contributed by atoms with Crippen LogP contribution in [-0.2, 0) is 0 Å². The van der Waals surface area contributed by atoms with E-state index in [1.807, 2.05) is 18.2 Å². The summed E-state index contributed by atoms with van der Waals surface area (Å²) in [6.45, 7) is 2.14. The van der Waals surface area contributed by atoms with E-state index in [1.165, 1.54) is 14.7 Å². The Kier molecular flexibility index (Phi) is 3.65. The highest BCUT2D eigenvalue weighted by atomic mass is 127. The molecule has 0 amide bonds. The van der Waals surface area contributed by atoms with Crippen LogP contribution in [0.25, 0.3) is 28.0 Å². The summed E-state index contributed by atoms with van der Waals surface area (Å²) in [5.41, 5.74) is 6.90. The average molecular weight is 410 g/mol. The Morgan fingerprint density at radius 3 is 2.39 bits per heavy atom. The average Bonchev–Trinajstić information content (AvgIpc) is 3.01. The van der Waals surface area contributed by atoms with Gasteiger partial charge in [0.25, 0.3) is 0 Å². The molecule has 2 heterocycles. The van der Waals surface area contributed by atoms with Gasteiger partial charge < -0.3 is 0 Å². The molecule has 3 heteroatoms. The van der Waals surface area contributed by atoms with Crippen molar-refractivity contribution in [2.75, 3.05) is 0 Å². The number of aromatic nitrogens is 2. The van der Waals surface area contributed by atoms with Crippen molar-refractivity contribution in [1.29, 1.82) is 0 Å². The molecule has 0 saturated carbocycles. The van der Waals surface area contributed by atoms with Gasteiger partial charge in [-0.05, 0) is 53.3 Å². The number of halogens is 1. The Hall–Kier alpha value is -2.14.